The molecule has 2 aromatic carbocycles. The zero-order valence-corrected chi connectivity index (χ0v) is 18.2. The molecule has 6 heteroatoms. The first-order valence-corrected chi connectivity index (χ1v) is 10.4. The maximum absolute atomic E-state index is 13.2. The third-order valence-corrected chi connectivity index (χ3v) is 5.63. The standard InChI is InChI=1S/C25H26N4O2/c1-16(2)29-15-26-23-20(19-10-6-5-7-11-19)13-28(24(23)25(29)31)14-22(30)27-21-12-8-9-17(3)18(21)4/h5-13,15-16H,14H2,1-4H3,(H,27,30). The Morgan fingerprint density at radius 2 is 1.81 bits per heavy atom. The Bertz CT molecular complexity index is 1320. The number of carbonyl (C=O) groups is 1. The van der Waals surface area contributed by atoms with Crippen LogP contribution in [0.15, 0.2) is 65.8 Å². The third-order valence-electron chi connectivity index (χ3n) is 5.63. The van der Waals surface area contributed by atoms with Gasteiger partial charge in [-0.25, -0.2) is 4.98 Å². The Labute approximate surface area is 181 Å². The number of anilines is 1. The van der Waals surface area contributed by atoms with Gasteiger partial charge in [-0.2, -0.15) is 0 Å². The maximum Gasteiger partial charge on any atom is 0.278 e. The van der Waals surface area contributed by atoms with Gasteiger partial charge in [0.1, 0.15) is 17.6 Å². The highest BCUT2D eigenvalue weighted by molar-refractivity contribution is 5.96. The summed E-state index contributed by atoms with van der Waals surface area (Å²) in [5, 5.41) is 2.98. The molecule has 31 heavy (non-hydrogen) atoms. The van der Waals surface area contributed by atoms with Crippen molar-refractivity contribution in [2.75, 3.05) is 5.32 Å². The number of hydrogen-bond donors (Lipinski definition) is 1. The Balaban J connectivity index is 1.79. The fourth-order valence-corrected chi connectivity index (χ4v) is 3.75. The van der Waals surface area contributed by atoms with Gasteiger partial charge in [0.15, 0.2) is 0 Å². The SMILES string of the molecule is Cc1cccc(NC(=O)Cn2cc(-c3ccccc3)c3ncn(C(C)C)c(=O)c32)c1C. The lowest BCUT2D eigenvalue weighted by Crippen LogP contribution is -2.26. The number of rotatable bonds is 5. The second-order valence-electron chi connectivity index (χ2n) is 8.08. The highest BCUT2D eigenvalue weighted by atomic mass is 16.2. The molecule has 0 saturated heterocycles. The smallest absolute Gasteiger partial charge is 0.278 e. The van der Waals surface area contributed by atoms with Gasteiger partial charge in [0.25, 0.3) is 5.56 Å². The summed E-state index contributed by atoms with van der Waals surface area (Å²) < 4.78 is 3.31. The zero-order valence-electron chi connectivity index (χ0n) is 18.2. The summed E-state index contributed by atoms with van der Waals surface area (Å²) in [6.07, 6.45) is 3.43. The van der Waals surface area contributed by atoms with E-state index in [4.69, 9.17) is 0 Å². The van der Waals surface area contributed by atoms with Crippen molar-refractivity contribution in [1.82, 2.24) is 14.1 Å². The minimum absolute atomic E-state index is 0.0236. The largest absolute Gasteiger partial charge is 0.332 e. The molecule has 0 radical (unpaired) electrons. The lowest BCUT2D eigenvalue weighted by molar-refractivity contribution is -0.116. The Morgan fingerprint density at radius 3 is 2.52 bits per heavy atom. The minimum Gasteiger partial charge on any atom is -0.332 e. The van der Waals surface area contributed by atoms with Crippen LogP contribution in [-0.4, -0.2) is 20.0 Å². The molecule has 0 fully saturated rings. The maximum atomic E-state index is 13.2. The summed E-state index contributed by atoms with van der Waals surface area (Å²) >= 11 is 0. The average Bonchev–Trinajstić information content (AvgIpc) is 3.11. The van der Waals surface area contributed by atoms with Crippen molar-refractivity contribution in [1.29, 1.82) is 0 Å². The third kappa shape index (κ3) is 3.89. The number of aromatic nitrogens is 3. The van der Waals surface area contributed by atoms with E-state index in [1.807, 2.05) is 82.4 Å². The fourth-order valence-electron chi connectivity index (χ4n) is 3.75. The molecule has 0 bridgehead atoms. The molecule has 0 atom stereocenters. The van der Waals surface area contributed by atoms with Crippen LogP contribution < -0.4 is 10.9 Å². The Kier molecular flexibility index (Phi) is 5.46. The van der Waals surface area contributed by atoms with E-state index in [1.54, 1.807) is 15.5 Å². The molecule has 2 aromatic heterocycles. The topological polar surface area (TPSA) is 68.9 Å². The second kappa shape index (κ2) is 8.22. The first-order chi connectivity index (χ1) is 14.9. The molecule has 1 N–H and O–H groups in total. The van der Waals surface area contributed by atoms with Crippen LogP contribution in [0.3, 0.4) is 0 Å². The van der Waals surface area contributed by atoms with Gasteiger partial charge in [-0.05, 0) is 50.5 Å². The van der Waals surface area contributed by atoms with Crippen LogP contribution in [0.2, 0.25) is 0 Å². The molecule has 0 aliphatic carbocycles. The van der Waals surface area contributed by atoms with E-state index < -0.39 is 0 Å². The van der Waals surface area contributed by atoms with Gasteiger partial charge >= 0.3 is 0 Å². The lowest BCUT2D eigenvalue weighted by atomic mass is 10.1. The first-order valence-electron chi connectivity index (χ1n) is 10.4. The van der Waals surface area contributed by atoms with Crippen molar-refractivity contribution >= 4 is 22.6 Å². The van der Waals surface area contributed by atoms with E-state index in [2.05, 4.69) is 10.3 Å². The molecular formula is C25H26N4O2. The van der Waals surface area contributed by atoms with Crippen molar-refractivity contribution < 1.29 is 4.79 Å². The zero-order chi connectivity index (χ0) is 22.1. The van der Waals surface area contributed by atoms with Gasteiger partial charge < -0.3 is 9.88 Å². The molecule has 0 aliphatic rings. The van der Waals surface area contributed by atoms with Crippen molar-refractivity contribution in [3.63, 3.8) is 0 Å². The van der Waals surface area contributed by atoms with E-state index in [0.29, 0.717) is 11.0 Å². The monoisotopic (exact) mass is 414 g/mol. The van der Waals surface area contributed by atoms with Gasteiger partial charge in [-0.3, -0.25) is 14.2 Å². The summed E-state index contributed by atoms with van der Waals surface area (Å²) in [6.45, 7) is 7.89. The van der Waals surface area contributed by atoms with E-state index in [0.717, 1.165) is 27.9 Å². The second-order valence-corrected chi connectivity index (χ2v) is 8.08. The summed E-state index contributed by atoms with van der Waals surface area (Å²) in [7, 11) is 0. The summed E-state index contributed by atoms with van der Waals surface area (Å²) in [4.78, 5) is 30.7. The molecule has 158 valence electrons. The van der Waals surface area contributed by atoms with Gasteiger partial charge in [0, 0.05) is 23.5 Å². The fraction of sp³-hybridized carbons (Fsp3) is 0.240. The van der Waals surface area contributed by atoms with Crippen LogP contribution >= 0.6 is 0 Å². The van der Waals surface area contributed by atoms with Crippen LogP contribution in [-0.2, 0) is 11.3 Å². The number of nitrogens with zero attached hydrogens (tertiary/aromatic N) is 3. The Morgan fingerprint density at radius 1 is 1.06 bits per heavy atom. The van der Waals surface area contributed by atoms with Crippen molar-refractivity contribution in [3.05, 3.63) is 82.5 Å². The van der Waals surface area contributed by atoms with Crippen molar-refractivity contribution in [3.8, 4) is 11.1 Å². The number of nitrogens with one attached hydrogen (secondary N) is 1. The van der Waals surface area contributed by atoms with Crippen LogP contribution in [0, 0.1) is 13.8 Å². The molecule has 0 aliphatic heterocycles. The first kappa shape index (κ1) is 20.6. The predicted molar refractivity (Wildman–Crippen MR) is 124 cm³/mol. The number of benzene rings is 2. The highest BCUT2D eigenvalue weighted by Gasteiger charge is 2.19. The molecule has 4 aromatic rings. The molecule has 4 rings (SSSR count). The summed E-state index contributed by atoms with van der Waals surface area (Å²) in [5.41, 5.74) is 5.60. The summed E-state index contributed by atoms with van der Waals surface area (Å²) in [6, 6.07) is 15.6. The van der Waals surface area contributed by atoms with Gasteiger partial charge in [-0.1, -0.05) is 42.5 Å². The Hall–Kier alpha value is -3.67. The minimum atomic E-state index is -0.190. The number of carbonyl (C=O) groups excluding carboxylic acids is 1. The summed E-state index contributed by atoms with van der Waals surface area (Å²) in [5.74, 6) is -0.190. The lowest BCUT2D eigenvalue weighted by Gasteiger charge is -2.12. The molecule has 0 unspecified atom stereocenters. The average molecular weight is 415 g/mol. The molecule has 6 nitrogen and oxygen atoms in total. The molecule has 1 amide bonds. The molecule has 2 heterocycles. The van der Waals surface area contributed by atoms with Gasteiger partial charge in [0.2, 0.25) is 5.91 Å². The normalized spacial score (nSPS) is 11.3. The molecular weight excluding hydrogens is 388 g/mol. The van der Waals surface area contributed by atoms with Crippen LogP contribution in [0.1, 0.15) is 31.0 Å². The van der Waals surface area contributed by atoms with Crippen LogP contribution in [0.4, 0.5) is 5.69 Å². The van der Waals surface area contributed by atoms with E-state index in [9.17, 15) is 9.59 Å². The van der Waals surface area contributed by atoms with Crippen LogP contribution in [0.25, 0.3) is 22.2 Å². The number of hydrogen-bond acceptors (Lipinski definition) is 3. The number of aryl methyl sites for hydroxylation is 1. The van der Waals surface area contributed by atoms with Gasteiger partial charge in [-0.15, -0.1) is 0 Å². The molecule has 0 saturated carbocycles. The predicted octanol–water partition coefficient (Wildman–Crippen LogP) is 4.70. The highest BCUT2D eigenvalue weighted by Crippen LogP contribution is 2.28. The number of fused-ring (bicyclic) bond motifs is 1. The number of amides is 1. The van der Waals surface area contributed by atoms with E-state index in [-0.39, 0.29) is 24.1 Å². The van der Waals surface area contributed by atoms with E-state index in [1.165, 1.54) is 0 Å². The van der Waals surface area contributed by atoms with Crippen molar-refractivity contribution in [2.45, 2.75) is 40.3 Å². The van der Waals surface area contributed by atoms with Crippen molar-refractivity contribution in [2.24, 2.45) is 0 Å². The van der Waals surface area contributed by atoms with Gasteiger partial charge in [0.05, 0.1) is 6.33 Å². The van der Waals surface area contributed by atoms with Crippen LogP contribution in [0.5, 0.6) is 0 Å². The van der Waals surface area contributed by atoms with E-state index >= 15 is 0 Å². The molecule has 0 spiro atoms. The quantitative estimate of drug-likeness (QED) is 0.515.